The number of Topliss-reactive ketones (excluding diaryl/α,β-unsaturated/α-hetero) is 1. The second-order valence-corrected chi connectivity index (χ2v) is 12.5. The number of rotatable bonds is 8. The average molecular weight is 603 g/mol. The molecule has 41 heavy (non-hydrogen) atoms. The lowest BCUT2D eigenvalue weighted by Gasteiger charge is -2.43. The summed E-state index contributed by atoms with van der Waals surface area (Å²) in [5.74, 6) is -1.15. The van der Waals surface area contributed by atoms with E-state index in [0.717, 1.165) is 5.56 Å². The van der Waals surface area contributed by atoms with Gasteiger partial charge >= 0.3 is 0 Å². The van der Waals surface area contributed by atoms with Crippen LogP contribution in [0.1, 0.15) is 56.5 Å². The fourth-order valence-electron chi connectivity index (χ4n) is 5.89. The Labute approximate surface area is 251 Å². The zero-order valence-electron chi connectivity index (χ0n) is 23.9. The van der Waals surface area contributed by atoms with Gasteiger partial charge in [-0.25, -0.2) is 0 Å². The largest absolute Gasteiger partial charge is 0.378 e. The summed E-state index contributed by atoms with van der Waals surface area (Å²) in [5.41, 5.74) is 0.259. The van der Waals surface area contributed by atoms with Gasteiger partial charge in [0.05, 0.1) is 40.3 Å². The number of hydrogen-bond acceptors (Lipinski definition) is 5. The van der Waals surface area contributed by atoms with Crippen LogP contribution in [0.15, 0.2) is 42.5 Å². The predicted octanol–water partition coefficient (Wildman–Crippen LogP) is 5.16. The van der Waals surface area contributed by atoms with E-state index in [2.05, 4.69) is 10.6 Å². The topological polar surface area (TPSA) is 105 Å². The van der Waals surface area contributed by atoms with E-state index in [1.807, 2.05) is 25.7 Å². The number of benzene rings is 2. The molecule has 8 nitrogen and oxygen atoms in total. The molecule has 2 aromatic rings. The first-order valence-electron chi connectivity index (χ1n) is 13.9. The Hall–Kier alpha value is -2.94. The molecule has 3 atom stereocenters. The zero-order chi connectivity index (χ0) is 29.9. The van der Waals surface area contributed by atoms with Gasteiger partial charge in [-0.3, -0.25) is 19.2 Å². The number of nitrogens with one attached hydrogen (secondary N) is 2. The molecule has 2 fully saturated rings. The summed E-state index contributed by atoms with van der Waals surface area (Å²) in [6.07, 6.45) is 1.47. The highest BCUT2D eigenvalue weighted by Crippen LogP contribution is 2.57. The Balaban J connectivity index is 1.40. The number of nitrogens with zero attached hydrogens (tertiary/aromatic N) is 1. The van der Waals surface area contributed by atoms with Crippen molar-refractivity contribution < 1.29 is 23.9 Å². The number of morpholine rings is 1. The number of halogens is 2. The van der Waals surface area contributed by atoms with Crippen LogP contribution >= 0.6 is 23.2 Å². The first kappa shape index (κ1) is 31.0. The number of carbonyl (C=O) groups excluding carboxylic acids is 4. The molecular weight excluding hydrogens is 565 g/mol. The number of ether oxygens (including phenoxy) is 1. The van der Waals surface area contributed by atoms with Crippen LogP contribution in [0.5, 0.6) is 0 Å². The third-order valence-corrected chi connectivity index (χ3v) is 9.59. The maximum Gasteiger partial charge on any atom is 0.258 e. The highest BCUT2D eigenvalue weighted by atomic mass is 35.5. The van der Waals surface area contributed by atoms with Gasteiger partial charge in [-0.05, 0) is 61.4 Å². The molecule has 2 aromatic carbocycles. The van der Waals surface area contributed by atoms with Gasteiger partial charge < -0.3 is 20.3 Å². The van der Waals surface area contributed by atoms with Gasteiger partial charge in [0.15, 0.2) is 5.78 Å². The van der Waals surface area contributed by atoms with E-state index in [1.165, 1.54) is 6.92 Å². The van der Waals surface area contributed by atoms with Crippen LogP contribution < -0.4 is 10.6 Å². The molecule has 4 rings (SSSR count). The summed E-state index contributed by atoms with van der Waals surface area (Å²) < 4.78 is 5.40. The number of amides is 3. The monoisotopic (exact) mass is 601 g/mol. The van der Waals surface area contributed by atoms with Crippen LogP contribution in [0.2, 0.25) is 10.0 Å². The summed E-state index contributed by atoms with van der Waals surface area (Å²) in [5, 5.41) is 6.25. The van der Waals surface area contributed by atoms with E-state index >= 15 is 0 Å². The molecule has 0 aromatic heterocycles. The maximum absolute atomic E-state index is 13.5. The van der Waals surface area contributed by atoms with Crippen molar-refractivity contribution >= 4 is 52.4 Å². The van der Waals surface area contributed by atoms with E-state index in [1.54, 1.807) is 42.5 Å². The van der Waals surface area contributed by atoms with Crippen LogP contribution in [0.25, 0.3) is 0 Å². The Morgan fingerprint density at radius 1 is 1.00 bits per heavy atom. The van der Waals surface area contributed by atoms with Crippen molar-refractivity contribution in [3.8, 4) is 0 Å². The minimum absolute atomic E-state index is 0.0632. The molecule has 0 bridgehead atoms. The van der Waals surface area contributed by atoms with Crippen LogP contribution in [0.3, 0.4) is 0 Å². The zero-order valence-corrected chi connectivity index (χ0v) is 25.4. The van der Waals surface area contributed by atoms with E-state index in [4.69, 9.17) is 27.9 Å². The minimum Gasteiger partial charge on any atom is -0.378 e. The van der Waals surface area contributed by atoms with Crippen LogP contribution in [-0.4, -0.2) is 60.7 Å². The molecule has 1 aliphatic carbocycles. The Bertz CT molecular complexity index is 1300. The number of carbonyl (C=O) groups is 4. The summed E-state index contributed by atoms with van der Waals surface area (Å²) in [4.78, 5) is 54.2. The fourth-order valence-corrected chi connectivity index (χ4v) is 6.46. The van der Waals surface area contributed by atoms with Gasteiger partial charge in [0.2, 0.25) is 11.8 Å². The van der Waals surface area contributed by atoms with Gasteiger partial charge in [0.25, 0.3) is 5.91 Å². The molecule has 220 valence electrons. The maximum atomic E-state index is 13.5. The molecule has 3 unspecified atom stereocenters. The molecule has 1 aliphatic heterocycles. The molecule has 1 saturated heterocycles. The third kappa shape index (κ3) is 6.45. The van der Waals surface area contributed by atoms with Crippen molar-refractivity contribution in [1.82, 2.24) is 10.2 Å². The van der Waals surface area contributed by atoms with E-state index in [-0.39, 0.29) is 33.2 Å². The van der Waals surface area contributed by atoms with Crippen LogP contribution in [-0.2, 0) is 25.5 Å². The molecule has 2 aliphatic rings. The highest BCUT2D eigenvalue weighted by Gasteiger charge is 2.59. The summed E-state index contributed by atoms with van der Waals surface area (Å²) in [6, 6.07) is 11.2. The van der Waals surface area contributed by atoms with Crippen LogP contribution in [0, 0.1) is 16.7 Å². The first-order valence-corrected chi connectivity index (χ1v) is 14.6. The molecule has 1 saturated carbocycles. The van der Waals surface area contributed by atoms with E-state index in [9.17, 15) is 19.2 Å². The lowest BCUT2D eigenvalue weighted by molar-refractivity contribution is -0.153. The molecule has 1 heterocycles. The number of hydrogen-bond donors (Lipinski definition) is 2. The summed E-state index contributed by atoms with van der Waals surface area (Å²) >= 11 is 12.3. The highest BCUT2D eigenvalue weighted by molar-refractivity contribution is 6.40. The second-order valence-electron chi connectivity index (χ2n) is 11.7. The quantitative estimate of drug-likeness (QED) is 0.434. The van der Waals surface area contributed by atoms with Gasteiger partial charge in [0, 0.05) is 24.7 Å². The Kier molecular flexibility index (Phi) is 9.46. The van der Waals surface area contributed by atoms with Gasteiger partial charge in [-0.2, -0.15) is 0 Å². The molecule has 10 heteroatoms. The minimum atomic E-state index is -0.720. The standard InChI is InChI=1S/C31H37Cl2N3O5/c1-19(37)25(18-20-8-10-21(11-9-20)34-28(39)26-23(32)6-5-7-24(26)33)35-27(38)22-12-13-31(4,30(22,2)3)29(40)36-14-16-41-17-15-36/h5-11,22,25H,12-18H2,1-4H3,(H,34,39)(H,35,38). The fraction of sp³-hybridized carbons (Fsp3) is 0.484. The first-order chi connectivity index (χ1) is 19.3. The van der Waals surface area contributed by atoms with Gasteiger partial charge in [0.1, 0.15) is 0 Å². The van der Waals surface area contributed by atoms with Crippen molar-refractivity contribution in [2.45, 2.75) is 53.0 Å². The summed E-state index contributed by atoms with van der Waals surface area (Å²) in [6.45, 7) is 9.54. The number of ketones is 1. The number of anilines is 1. The molecule has 2 N–H and O–H groups in total. The van der Waals surface area contributed by atoms with E-state index < -0.39 is 28.7 Å². The third-order valence-electron chi connectivity index (χ3n) is 8.96. The van der Waals surface area contributed by atoms with Gasteiger partial charge in [-0.1, -0.05) is 62.2 Å². The molecule has 0 radical (unpaired) electrons. The molecule has 3 amide bonds. The lowest BCUT2D eigenvalue weighted by Crippen LogP contribution is -2.54. The van der Waals surface area contributed by atoms with Crippen molar-refractivity contribution in [2.24, 2.45) is 16.7 Å². The van der Waals surface area contributed by atoms with Crippen molar-refractivity contribution in [2.75, 3.05) is 31.6 Å². The average Bonchev–Trinajstić information content (AvgIpc) is 3.18. The SMILES string of the molecule is CC(=O)C(Cc1ccc(NC(=O)c2c(Cl)cccc2Cl)cc1)NC(=O)C1CCC(C)(C(=O)N2CCOCC2)C1(C)C. The lowest BCUT2D eigenvalue weighted by atomic mass is 9.64. The van der Waals surface area contributed by atoms with Gasteiger partial charge in [-0.15, -0.1) is 0 Å². The van der Waals surface area contributed by atoms with Crippen LogP contribution in [0.4, 0.5) is 5.69 Å². The second kappa shape index (κ2) is 12.5. The van der Waals surface area contributed by atoms with Crippen molar-refractivity contribution in [3.05, 3.63) is 63.6 Å². The summed E-state index contributed by atoms with van der Waals surface area (Å²) in [7, 11) is 0. The van der Waals surface area contributed by atoms with Crippen molar-refractivity contribution in [1.29, 1.82) is 0 Å². The van der Waals surface area contributed by atoms with E-state index in [0.29, 0.717) is 51.3 Å². The molecule has 0 spiro atoms. The predicted molar refractivity (Wildman–Crippen MR) is 159 cm³/mol. The molecular formula is C31H37Cl2N3O5. The smallest absolute Gasteiger partial charge is 0.258 e. The van der Waals surface area contributed by atoms with Crippen molar-refractivity contribution in [3.63, 3.8) is 0 Å². The normalized spacial score (nSPS) is 22.6. The Morgan fingerprint density at radius 2 is 1.61 bits per heavy atom. The Morgan fingerprint density at radius 3 is 2.20 bits per heavy atom.